The van der Waals surface area contributed by atoms with E-state index in [9.17, 15) is 0 Å². The van der Waals surface area contributed by atoms with Crippen molar-refractivity contribution in [1.29, 1.82) is 0 Å². The molecule has 3 nitrogen and oxygen atoms in total. The molecule has 5 rings (SSSR count). The molecule has 3 aromatic heterocycles. The SMILES string of the molecule is c1ccc(-c2nc3ccccc3c3nc4ccccn4c23)cc1. The molecule has 0 unspecified atom stereocenters. The zero-order valence-electron chi connectivity index (χ0n) is 12.3. The van der Waals surface area contributed by atoms with Crippen LogP contribution in [0.15, 0.2) is 79.0 Å². The fourth-order valence-corrected chi connectivity index (χ4v) is 3.15. The van der Waals surface area contributed by atoms with Crippen molar-refractivity contribution in [3.05, 3.63) is 79.0 Å². The smallest absolute Gasteiger partial charge is 0.137 e. The van der Waals surface area contributed by atoms with Crippen LogP contribution in [-0.2, 0) is 0 Å². The molecule has 3 heterocycles. The first-order valence-electron chi connectivity index (χ1n) is 7.63. The van der Waals surface area contributed by atoms with Gasteiger partial charge in [0.1, 0.15) is 11.2 Å². The van der Waals surface area contributed by atoms with Gasteiger partial charge >= 0.3 is 0 Å². The maximum atomic E-state index is 4.94. The summed E-state index contributed by atoms with van der Waals surface area (Å²) in [5.41, 5.74) is 6.05. The van der Waals surface area contributed by atoms with Gasteiger partial charge in [0.05, 0.1) is 16.7 Å². The Bertz CT molecular complexity index is 1160. The fourth-order valence-electron chi connectivity index (χ4n) is 3.15. The van der Waals surface area contributed by atoms with Gasteiger partial charge in [-0.15, -0.1) is 0 Å². The molecule has 0 fully saturated rings. The van der Waals surface area contributed by atoms with Crippen LogP contribution < -0.4 is 0 Å². The van der Waals surface area contributed by atoms with Crippen LogP contribution in [0.4, 0.5) is 0 Å². The number of nitrogens with zero attached hydrogens (tertiary/aromatic N) is 3. The van der Waals surface area contributed by atoms with Crippen LogP contribution in [0.5, 0.6) is 0 Å². The van der Waals surface area contributed by atoms with Gasteiger partial charge in [0.2, 0.25) is 0 Å². The van der Waals surface area contributed by atoms with Gasteiger partial charge < -0.3 is 0 Å². The Morgan fingerprint density at radius 3 is 2.39 bits per heavy atom. The lowest BCUT2D eigenvalue weighted by molar-refractivity contribution is 1.22. The van der Waals surface area contributed by atoms with Gasteiger partial charge in [-0.25, -0.2) is 9.97 Å². The highest BCUT2D eigenvalue weighted by Gasteiger charge is 2.15. The molecule has 23 heavy (non-hydrogen) atoms. The van der Waals surface area contributed by atoms with E-state index in [2.05, 4.69) is 22.6 Å². The molecule has 2 aromatic carbocycles. The van der Waals surface area contributed by atoms with Crippen molar-refractivity contribution in [2.75, 3.05) is 0 Å². The number of fused-ring (bicyclic) bond motifs is 5. The van der Waals surface area contributed by atoms with E-state index in [0.29, 0.717) is 0 Å². The highest BCUT2D eigenvalue weighted by molar-refractivity contribution is 6.08. The molecule has 3 heteroatoms. The van der Waals surface area contributed by atoms with Crippen molar-refractivity contribution < 1.29 is 0 Å². The number of aromatic nitrogens is 3. The normalized spacial score (nSPS) is 11.5. The third kappa shape index (κ3) is 1.77. The predicted molar refractivity (Wildman–Crippen MR) is 93.4 cm³/mol. The molecule has 0 aliphatic heterocycles. The van der Waals surface area contributed by atoms with Gasteiger partial charge in [0.25, 0.3) is 0 Å². The lowest BCUT2D eigenvalue weighted by atomic mass is 10.1. The lowest BCUT2D eigenvalue weighted by Gasteiger charge is -2.07. The van der Waals surface area contributed by atoms with Crippen molar-refractivity contribution in [3.8, 4) is 11.3 Å². The summed E-state index contributed by atoms with van der Waals surface area (Å²) in [6.45, 7) is 0. The van der Waals surface area contributed by atoms with E-state index in [4.69, 9.17) is 9.97 Å². The van der Waals surface area contributed by atoms with E-state index in [1.54, 1.807) is 0 Å². The average Bonchev–Trinajstić information content (AvgIpc) is 3.02. The van der Waals surface area contributed by atoms with Crippen LogP contribution in [0.2, 0.25) is 0 Å². The minimum Gasteiger partial charge on any atom is -0.298 e. The van der Waals surface area contributed by atoms with E-state index in [1.807, 2.05) is 60.8 Å². The number of rotatable bonds is 1. The molecule has 0 radical (unpaired) electrons. The first-order valence-corrected chi connectivity index (χ1v) is 7.63. The Balaban J connectivity index is 2.06. The van der Waals surface area contributed by atoms with Crippen LogP contribution in [0.1, 0.15) is 0 Å². The summed E-state index contributed by atoms with van der Waals surface area (Å²) in [6.07, 6.45) is 2.05. The molecule has 0 aliphatic rings. The molecule has 0 atom stereocenters. The third-order valence-corrected chi connectivity index (χ3v) is 4.19. The Morgan fingerprint density at radius 2 is 1.48 bits per heavy atom. The van der Waals surface area contributed by atoms with Gasteiger partial charge in [-0.1, -0.05) is 54.6 Å². The lowest BCUT2D eigenvalue weighted by Crippen LogP contribution is -1.91. The highest BCUT2D eigenvalue weighted by atomic mass is 15.0. The molecule has 0 N–H and O–H groups in total. The molecule has 0 aliphatic carbocycles. The number of hydrogen-bond acceptors (Lipinski definition) is 2. The number of hydrogen-bond donors (Lipinski definition) is 0. The van der Waals surface area contributed by atoms with Gasteiger partial charge in [-0.05, 0) is 18.2 Å². The number of imidazole rings is 1. The summed E-state index contributed by atoms with van der Waals surface area (Å²) in [7, 11) is 0. The van der Waals surface area contributed by atoms with Crippen molar-refractivity contribution >= 4 is 27.6 Å². The summed E-state index contributed by atoms with van der Waals surface area (Å²) in [6, 6.07) is 24.6. The van der Waals surface area contributed by atoms with E-state index in [0.717, 1.165) is 38.8 Å². The van der Waals surface area contributed by atoms with Crippen molar-refractivity contribution in [2.24, 2.45) is 0 Å². The molecule has 0 saturated carbocycles. The van der Waals surface area contributed by atoms with Crippen molar-refractivity contribution in [3.63, 3.8) is 0 Å². The second kappa shape index (κ2) is 4.65. The summed E-state index contributed by atoms with van der Waals surface area (Å²) in [5.74, 6) is 0. The summed E-state index contributed by atoms with van der Waals surface area (Å²) >= 11 is 0. The van der Waals surface area contributed by atoms with Gasteiger partial charge in [-0.3, -0.25) is 4.40 Å². The molecule has 0 saturated heterocycles. The number of pyridine rings is 2. The minimum absolute atomic E-state index is 0.942. The number of para-hydroxylation sites is 1. The maximum Gasteiger partial charge on any atom is 0.137 e. The molecule has 0 bridgehead atoms. The largest absolute Gasteiger partial charge is 0.298 e. The van der Waals surface area contributed by atoms with Crippen LogP contribution in [-0.4, -0.2) is 14.4 Å². The average molecular weight is 295 g/mol. The maximum absolute atomic E-state index is 4.94. The van der Waals surface area contributed by atoms with Crippen molar-refractivity contribution in [2.45, 2.75) is 0 Å². The Labute approximate surface area is 132 Å². The van der Waals surface area contributed by atoms with Crippen LogP contribution in [0.25, 0.3) is 38.8 Å². The topological polar surface area (TPSA) is 30.2 Å². The molecular weight excluding hydrogens is 282 g/mol. The molecular formula is C20H13N3. The van der Waals surface area contributed by atoms with Crippen LogP contribution >= 0.6 is 0 Å². The van der Waals surface area contributed by atoms with E-state index in [1.165, 1.54) is 0 Å². The fraction of sp³-hybridized carbons (Fsp3) is 0. The summed E-state index contributed by atoms with van der Waals surface area (Å²) in [5, 5.41) is 1.09. The zero-order valence-corrected chi connectivity index (χ0v) is 12.3. The van der Waals surface area contributed by atoms with E-state index in [-0.39, 0.29) is 0 Å². The molecule has 108 valence electrons. The standard InChI is InChI=1S/C20H13N3/c1-2-8-14(9-3-1)18-20-19(15-10-4-5-11-16(15)21-18)22-17-12-6-7-13-23(17)20/h1-13H. The van der Waals surface area contributed by atoms with Gasteiger partial charge in [0, 0.05) is 17.1 Å². The number of benzene rings is 2. The highest BCUT2D eigenvalue weighted by Crippen LogP contribution is 2.32. The first-order chi connectivity index (χ1) is 11.4. The summed E-state index contributed by atoms with van der Waals surface area (Å²) < 4.78 is 2.12. The molecule has 0 spiro atoms. The monoisotopic (exact) mass is 295 g/mol. The molecule has 5 aromatic rings. The molecule has 0 amide bonds. The second-order valence-corrected chi connectivity index (χ2v) is 5.58. The van der Waals surface area contributed by atoms with E-state index >= 15 is 0 Å². The minimum atomic E-state index is 0.942. The first kappa shape index (κ1) is 12.4. The van der Waals surface area contributed by atoms with E-state index < -0.39 is 0 Å². The Morgan fingerprint density at radius 1 is 0.696 bits per heavy atom. The van der Waals surface area contributed by atoms with Crippen LogP contribution in [0.3, 0.4) is 0 Å². The van der Waals surface area contributed by atoms with Gasteiger partial charge in [0.15, 0.2) is 0 Å². The zero-order chi connectivity index (χ0) is 15.2. The third-order valence-electron chi connectivity index (χ3n) is 4.19. The Hall–Kier alpha value is -3.20. The van der Waals surface area contributed by atoms with Crippen molar-refractivity contribution in [1.82, 2.24) is 14.4 Å². The summed E-state index contributed by atoms with van der Waals surface area (Å²) in [4.78, 5) is 9.79. The van der Waals surface area contributed by atoms with Gasteiger partial charge in [-0.2, -0.15) is 0 Å². The second-order valence-electron chi connectivity index (χ2n) is 5.58. The van der Waals surface area contributed by atoms with Crippen LogP contribution in [0, 0.1) is 0 Å². The quantitative estimate of drug-likeness (QED) is 0.448. The predicted octanol–water partition coefficient (Wildman–Crippen LogP) is 4.70. The Kier molecular flexibility index (Phi) is 2.50.